The summed E-state index contributed by atoms with van der Waals surface area (Å²) >= 11 is 0. The predicted molar refractivity (Wildman–Crippen MR) is 57.8 cm³/mol. The summed E-state index contributed by atoms with van der Waals surface area (Å²) in [4.78, 5) is 0. The van der Waals surface area contributed by atoms with E-state index in [1.54, 1.807) is 0 Å². The molecule has 0 bridgehead atoms. The molecule has 0 spiro atoms. The van der Waals surface area contributed by atoms with Gasteiger partial charge >= 0.3 is 6.18 Å². The fourth-order valence-corrected chi connectivity index (χ4v) is 2.21. The molecule has 94 valence electrons. The molecule has 1 aliphatic rings. The van der Waals surface area contributed by atoms with E-state index in [1.807, 2.05) is 0 Å². The molecule has 0 radical (unpaired) electrons. The predicted octanol–water partition coefficient (Wildman–Crippen LogP) is 2.56. The summed E-state index contributed by atoms with van der Waals surface area (Å²) in [5, 5.41) is 12.3. The van der Waals surface area contributed by atoms with Gasteiger partial charge in [-0.25, -0.2) is 0 Å². The van der Waals surface area contributed by atoms with E-state index in [1.165, 1.54) is 12.1 Å². The minimum absolute atomic E-state index is 0.251. The summed E-state index contributed by atoms with van der Waals surface area (Å²) in [5.41, 5.74) is -0.451. The van der Waals surface area contributed by atoms with Gasteiger partial charge in [0, 0.05) is 0 Å². The molecule has 0 saturated carbocycles. The van der Waals surface area contributed by atoms with Crippen molar-refractivity contribution in [2.24, 2.45) is 5.92 Å². The molecule has 0 aromatic heterocycles. The van der Waals surface area contributed by atoms with Gasteiger partial charge < -0.3 is 10.4 Å². The maximum Gasteiger partial charge on any atom is 0.416 e. The van der Waals surface area contributed by atoms with Crippen LogP contribution in [0.1, 0.15) is 17.5 Å². The normalized spacial score (nSPS) is 20.8. The molecule has 5 heteroatoms. The molecule has 0 aliphatic carbocycles. The van der Waals surface area contributed by atoms with Crippen LogP contribution in [-0.4, -0.2) is 18.2 Å². The van der Waals surface area contributed by atoms with Crippen LogP contribution in [0.15, 0.2) is 18.2 Å². The third kappa shape index (κ3) is 2.91. The Kier molecular flexibility index (Phi) is 3.28. The average molecular weight is 245 g/mol. The summed E-state index contributed by atoms with van der Waals surface area (Å²) < 4.78 is 38.3. The molecule has 1 atom stereocenters. The summed E-state index contributed by atoms with van der Waals surface area (Å²) in [7, 11) is 0. The van der Waals surface area contributed by atoms with E-state index in [4.69, 9.17) is 5.11 Å². The number of rotatable bonds is 2. The number of nitrogens with one attached hydrogen (secondary N) is 1. The molecule has 1 heterocycles. The zero-order chi connectivity index (χ0) is 12.5. The van der Waals surface area contributed by atoms with E-state index in [-0.39, 0.29) is 17.2 Å². The van der Waals surface area contributed by atoms with Crippen molar-refractivity contribution >= 4 is 0 Å². The van der Waals surface area contributed by atoms with Gasteiger partial charge in [0.1, 0.15) is 5.75 Å². The van der Waals surface area contributed by atoms with Gasteiger partial charge in [0.2, 0.25) is 0 Å². The quantitative estimate of drug-likeness (QED) is 0.839. The van der Waals surface area contributed by atoms with E-state index >= 15 is 0 Å². The number of halogens is 3. The number of phenolic OH excluding ortho intramolecular Hbond substituents is 1. The minimum Gasteiger partial charge on any atom is -0.508 e. The fourth-order valence-electron chi connectivity index (χ4n) is 2.21. The average Bonchev–Trinajstić information content (AvgIpc) is 2.72. The third-order valence-electron chi connectivity index (χ3n) is 3.07. The molecule has 1 aliphatic heterocycles. The first-order chi connectivity index (χ1) is 7.97. The molecular formula is C12H14F3NO. The molecule has 2 rings (SSSR count). The Labute approximate surface area is 97.5 Å². The van der Waals surface area contributed by atoms with Gasteiger partial charge in [-0.05, 0) is 49.5 Å². The van der Waals surface area contributed by atoms with Crippen LogP contribution >= 0.6 is 0 Å². The third-order valence-corrected chi connectivity index (χ3v) is 3.07. The van der Waals surface area contributed by atoms with Crippen molar-refractivity contribution in [3.05, 3.63) is 29.3 Å². The number of alkyl halides is 3. The molecule has 1 aromatic rings. The second kappa shape index (κ2) is 4.56. The van der Waals surface area contributed by atoms with Crippen molar-refractivity contribution in [3.63, 3.8) is 0 Å². The second-order valence-electron chi connectivity index (χ2n) is 4.40. The van der Waals surface area contributed by atoms with Crippen LogP contribution in [0.3, 0.4) is 0 Å². The summed E-state index contributed by atoms with van der Waals surface area (Å²) in [6, 6.07) is 3.49. The van der Waals surface area contributed by atoms with Crippen LogP contribution in [0, 0.1) is 5.92 Å². The molecule has 1 unspecified atom stereocenters. The van der Waals surface area contributed by atoms with E-state index in [9.17, 15) is 13.2 Å². The van der Waals surface area contributed by atoms with Crippen LogP contribution in [0.2, 0.25) is 0 Å². The smallest absolute Gasteiger partial charge is 0.416 e. The number of phenols is 1. The first-order valence-corrected chi connectivity index (χ1v) is 5.56. The van der Waals surface area contributed by atoms with Gasteiger partial charge in [-0.15, -0.1) is 0 Å². The fraction of sp³-hybridized carbons (Fsp3) is 0.500. The lowest BCUT2D eigenvalue weighted by atomic mass is 9.94. The van der Waals surface area contributed by atoms with Gasteiger partial charge in [-0.1, -0.05) is 6.07 Å². The van der Waals surface area contributed by atoms with E-state index < -0.39 is 11.7 Å². The Hall–Kier alpha value is -1.23. The number of benzene rings is 1. The highest BCUT2D eigenvalue weighted by atomic mass is 19.4. The van der Waals surface area contributed by atoms with Gasteiger partial charge in [-0.3, -0.25) is 0 Å². The number of hydrogen-bond acceptors (Lipinski definition) is 2. The summed E-state index contributed by atoms with van der Waals surface area (Å²) in [6.45, 7) is 1.63. The topological polar surface area (TPSA) is 32.3 Å². The molecule has 0 amide bonds. The highest BCUT2D eigenvalue weighted by Gasteiger charge is 2.34. The first-order valence-electron chi connectivity index (χ1n) is 5.56. The molecule has 1 fully saturated rings. The van der Waals surface area contributed by atoms with Crippen LogP contribution in [0.5, 0.6) is 5.75 Å². The van der Waals surface area contributed by atoms with Crippen LogP contribution in [0.25, 0.3) is 0 Å². The molecule has 2 N–H and O–H groups in total. The van der Waals surface area contributed by atoms with Crippen LogP contribution < -0.4 is 5.32 Å². The maximum atomic E-state index is 12.8. The zero-order valence-corrected chi connectivity index (χ0v) is 9.22. The van der Waals surface area contributed by atoms with Gasteiger partial charge in [0.05, 0.1) is 5.56 Å². The zero-order valence-electron chi connectivity index (χ0n) is 9.22. The highest BCUT2D eigenvalue weighted by molar-refractivity contribution is 5.37. The van der Waals surface area contributed by atoms with Gasteiger partial charge in [0.25, 0.3) is 0 Å². The van der Waals surface area contributed by atoms with Crippen molar-refractivity contribution in [2.45, 2.75) is 19.0 Å². The number of aromatic hydroxyl groups is 1. The Morgan fingerprint density at radius 1 is 1.35 bits per heavy atom. The molecule has 17 heavy (non-hydrogen) atoms. The van der Waals surface area contributed by atoms with E-state index in [0.717, 1.165) is 25.6 Å². The molecule has 1 saturated heterocycles. The van der Waals surface area contributed by atoms with Crippen molar-refractivity contribution in [2.75, 3.05) is 13.1 Å². The van der Waals surface area contributed by atoms with Gasteiger partial charge in [-0.2, -0.15) is 13.2 Å². The highest BCUT2D eigenvalue weighted by Crippen LogP contribution is 2.35. The molecule has 1 aromatic carbocycles. The second-order valence-corrected chi connectivity index (χ2v) is 4.40. The lowest BCUT2D eigenvalue weighted by Gasteiger charge is -2.15. The Balaban J connectivity index is 2.25. The van der Waals surface area contributed by atoms with Crippen molar-refractivity contribution in [1.82, 2.24) is 5.32 Å². The van der Waals surface area contributed by atoms with Crippen LogP contribution in [0.4, 0.5) is 13.2 Å². The van der Waals surface area contributed by atoms with Crippen molar-refractivity contribution in [3.8, 4) is 5.75 Å². The summed E-state index contributed by atoms with van der Waals surface area (Å²) in [6.07, 6.45) is -3.10. The minimum atomic E-state index is -4.40. The molecule has 2 nitrogen and oxygen atoms in total. The lowest BCUT2D eigenvalue weighted by molar-refractivity contribution is -0.138. The van der Waals surface area contributed by atoms with E-state index in [2.05, 4.69) is 5.32 Å². The lowest BCUT2D eigenvalue weighted by Crippen LogP contribution is -2.14. The number of hydrogen-bond donors (Lipinski definition) is 2. The largest absolute Gasteiger partial charge is 0.508 e. The van der Waals surface area contributed by atoms with Gasteiger partial charge in [0.15, 0.2) is 0 Å². The monoisotopic (exact) mass is 245 g/mol. The Morgan fingerprint density at radius 3 is 2.71 bits per heavy atom. The van der Waals surface area contributed by atoms with Crippen LogP contribution in [-0.2, 0) is 12.6 Å². The Morgan fingerprint density at radius 2 is 2.12 bits per heavy atom. The van der Waals surface area contributed by atoms with E-state index in [0.29, 0.717) is 6.42 Å². The first kappa shape index (κ1) is 12.2. The van der Waals surface area contributed by atoms with Crippen molar-refractivity contribution in [1.29, 1.82) is 0 Å². The SMILES string of the molecule is Oc1ccc(CC2CCNC2)c(C(F)(F)F)c1. The maximum absolute atomic E-state index is 12.8. The molecular weight excluding hydrogens is 231 g/mol. The Bertz CT molecular complexity index is 397. The van der Waals surface area contributed by atoms with Crippen molar-refractivity contribution < 1.29 is 18.3 Å². The summed E-state index contributed by atoms with van der Waals surface area (Å²) in [5.74, 6) is -0.0914. The standard InChI is InChI=1S/C12H14F3NO/c13-12(14,15)11-6-10(17)2-1-9(11)5-8-3-4-16-7-8/h1-2,6,8,16-17H,3-5,7H2.